The first-order chi connectivity index (χ1) is 8.49. The van der Waals surface area contributed by atoms with E-state index in [0.717, 1.165) is 16.9 Å². The number of carboxylic acids is 1. The lowest BCUT2D eigenvalue weighted by atomic mass is 10.2. The molecular weight excluding hydrogens is 230 g/mol. The van der Waals surface area contributed by atoms with E-state index in [4.69, 9.17) is 5.11 Å². The van der Waals surface area contributed by atoms with Crippen LogP contribution in [0, 0.1) is 6.92 Å². The fraction of sp³-hybridized carbons (Fsp3) is 0.385. The number of carbonyl (C=O) groups is 1. The molecule has 1 N–H and O–H groups in total. The number of imidazole rings is 1. The molecule has 5 heteroatoms. The molecule has 18 heavy (non-hydrogen) atoms. The zero-order chi connectivity index (χ0) is 13.3. The summed E-state index contributed by atoms with van der Waals surface area (Å²) in [5, 5.41) is 8.96. The molecule has 2 rings (SSSR count). The predicted octanol–water partition coefficient (Wildman–Crippen LogP) is 1.33. The lowest BCUT2D eigenvalue weighted by Crippen LogP contribution is -2.15. The summed E-state index contributed by atoms with van der Waals surface area (Å²) in [6, 6.07) is 3.93. The number of fused-ring (bicyclic) bond motifs is 1. The molecule has 0 radical (unpaired) electrons. The van der Waals surface area contributed by atoms with Crippen LogP contribution in [0.4, 0.5) is 0 Å². The van der Waals surface area contributed by atoms with Crippen LogP contribution in [0.2, 0.25) is 0 Å². The number of aliphatic carboxylic acids is 1. The van der Waals surface area contributed by atoms with Crippen molar-refractivity contribution in [2.75, 3.05) is 14.1 Å². The minimum atomic E-state index is -0.851. The van der Waals surface area contributed by atoms with Gasteiger partial charge in [0.1, 0.15) is 5.65 Å². The number of hydrogen-bond acceptors (Lipinski definition) is 3. The molecule has 0 aliphatic rings. The molecule has 5 nitrogen and oxygen atoms in total. The number of carboxylic acid groups (broad SMARTS) is 1. The quantitative estimate of drug-likeness (QED) is 0.885. The molecule has 2 aromatic heterocycles. The molecule has 0 saturated heterocycles. The largest absolute Gasteiger partial charge is 0.481 e. The SMILES string of the molecule is Cc1cccn2c(CN(C)C)c(CC(=O)O)nc12. The van der Waals surface area contributed by atoms with Crippen LogP contribution in [0.1, 0.15) is 17.0 Å². The molecule has 0 fully saturated rings. The summed E-state index contributed by atoms with van der Waals surface area (Å²) in [5.41, 5.74) is 3.48. The third kappa shape index (κ3) is 2.36. The molecule has 96 valence electrons. The van der Waals surface area contributed by atoms with Crippen molar-refractivity contribution >= 4 is 11.6 Å². The monoisotopic (exact) mass is 247 g/mol. The van der Waals surface area contributed by atoms with Crippen LogP contribution < -0.4 is 0 Å². The first-order valence-corrected chi connectivity index (χ1v) is 5.81. The Morgan fingerprint density at radius 1 is 1.50 bits per heavy atom. The molecule has 0 atom stereocenters. The molecule has 0 aliphatic carbocycles. The maximum Gasteiger partial charge on any atom is 0.309 e. The second kappa shape index (κ2) is 4.78. The van der Waals surface area contributed by atoms with Crippen LogP contribution in [0.15, 0.2) is 18.3 Å². The summed E-state index contributed by atoms with van der Waals surface area (Å²) in [5.74, 6) is -0.851. The summed E-state index contributed by atoms with van der Waals surface area (Å²) in [4.78, 5) is 17.4. The Balaban J connectivity index is 2.60. The van der Waals surface area contributed by atoms with Gasteiger partial charge in [0, 0.05) is 12.7 Å². The van der Waals surface area contributed by atoms with Crippen molar-refractivity contribution in [2.45, 2.75) is 19.9 Å². The van der Waals surface area contributed by atoms with Gasteiger partial charge in [0.25, 0.3) is 0 Å². The van der Waals surface area contributed by atoms with Gasteiger partial charge in [-0.2, -0.15) is 0 Å². The highest BCUT2D eigenvalue weighted by molar-refractivity contribution is 5.70. The predicted molar refractivity (Wildman–Crippen MR) is 68.7 cm³/mol. The van der Waals surface area contributed by atoms with Crippen molar-refractivity contribution in [3.05, 3.63) is 35.3 Å². The summed E-state index contributed by atoms with van der Waals surface area (Å²) in [6.45, 7) is 2.65. The van der Waals surface area contributed by atoms with E-state index in [9.17, 15) is 4.79 Å². The molecule has 2 aromatic rings. The van der Waals surface area contributed by atoms with Crippen LogP contribution in [-0.4, -0.2) is 39.5 Å². The fourth-order valence-electron chi connectivity index (χ4n) is 2.05. The molecule has 0 amide bonds. The summed E-state index contributed by atoms with van der Waals surface area (Å²) < 4.78 is 1.98. The van der Waals surface area contributed by atoms with Crippen molar-refractivity contribution < 1.29 is 9.90 Å². The van der Waals surface area contributed by atoms with E-state index in [1.807, 2.05) is 48.6 Å². The minimum Gasteiger partial charge on any atom is -0.481 e. The Kier molecular flexibility index (Phi) is 3.34. The molecule has 0 bridgehead atoms. The molecule has 0 unspecified atom stereocenters. The number of hydrogen-bond donors (Lipinski definition) is 1. The Bertz CT molecular complexity index is 587. The maximum atomic E-state index is 10.9. The highest BCUT2D eigenvalue weighted by atomic mass is 16.4. The van der Waals surface area contributed by atoms with E-state index < -0.39 is 5.97 Å². The van der Waals surface area contributed by atoms with Gasteiger partial charge in [-0.25, -0.2) is 4.98 Å². The van der Waals surface area contributed by atoms with E-state index in [-0.39, 0.29) is 6.42 Å². The van der Waals surface area contributed by atoms with Gasteiger partial charge in [0.05, 0.1) is 17.8 Å². The lowest BCUT2D eigenvalue weighted by Gasteiger charge is -2.10. The third-order valence-electron chi connectivity index (χ3n) is 2.81. The molecule has 0 aromatic carbocycles. The first-order valence-electron chi connectivity index (χ1n) is 5.81. The summed E-state index contributed by atoms with van der Waals surface area (Å²) >= 11 is 0. The maximum absolute atomic E-state index is 10.9. The van der Waals surface area contributed by atoms with E-state index in [0.29, 0.717) is 12.2 Å². The van der Waals surface area contributed by atoms with Gasteiger partial charge in [-0.15, -0.1) is 0 Å². The van der Waals surface area contributed by atoms with Crippen LogP contribution in [-0.2, 0) is 17.8 Å². The van der Waals surface area contributed by atoms with Gasteiger partial charge in [-0.3, -0.25) is 4.79 Å². The number of aromatic nitrogens is 2. The normalized spacial score (nSPS) is 11.3. The van der Waals surface area contributed by atoms with E-state index in [2.05, 4.69) is 4.98 Å². The summed E-state index contributed by atoms with van der Waals surface area (Å²) in [6.07, 6.45) is 1.89. The highest BCUT2D eigenvalue weighted by Gasteiger charge is 2.16. The smallest absolute Gasteiger partial charge is 0.309 e. The van der Waals surface area contributed by atoms with Gasteiger partial charge in [-0.05, 0) is 32.6 Å². The Labute approximate surface area is 106 Å². The number of rotatable bonds is 4. The molecule has 2 heterocycles. The molecule has 0 spiro atoms. The van der Waals surface area contributed by atoms with Crippen LogP contribution in [0.3, 0.4) is 0 Å². The van der Waals surface area contributed by atoms with E-state index >= 15 is 0 Å². The molecule has 0 saturated carbocycles. The second-order valence-electron chi connectivity index (χ2n) is 4.70. The lowest BCUT2D eigenvalue weighted by molar-refractivity contribution is -0.136. The van der Waals surface area contributed by atoms with Gasteiger partial charge in [0.15, 0.2) is 0 Å². The average Bonchev–Trinajstić information content (AvgIpc) is 2.58. The highest BCUT2D eigenvalue weighted by Crippen LogP contribution is 2.17. The van der Waals surface area contributed by atoms with Gasteiger partial charge >= 0.3 is 5.97 Å². The number of pyridine rings is 1. The topological polar surface area (TPSA) is 57.8 Å². The standard InChI is InChI=1S/C13H17N3O2/c1-9-5-4-6-16-11(8-15(2)3)10(7-12(17)18)14-13(9)16/h4-6H,7-8H2,1-3H3,(H,17,18). The van der Waals surface area contributed by atoms with Crippen molar-refractivity contribution in [2.24, 2.45) is 0 Å². The zero-order valence-electron chi connectivity index (χ0n) is 10.8. The van der Waals surface area contributed by atoms with Gasteiger partial charge < -0.3 is 14.4 Å². The van der Waals surface area contributed by atoms with Gasteiger partial charge in [-0.1, -0.05) is 6.07 Å². The fourth-order valence-corrected chi connectivity index (χ4v) is 2.05. The van der Waals surface area contributed by atoms with Crippen molar-refractivity contribution in [1.82, 2.24) is 14.3 Å². The van der Waals surface area contributed by atoms with Crippen LogP contribution in [0.25, 0.3) is 5.65 Å². The van der Waals surface area contributed by atoms with Crippen molar-refractivity contribution in [1.29, 1.82) is 0 Å². The number of aryl methyl sites for hydroxylation is 1. The third-order valence-corrected chi connectivity index (χ3v) is 2.81. The number of nitrogens with zero attached hydrogens (tertiary/aromatic N) is 3. The average molecular weight is 247 g/mol. The van der Waals surface area contributed by atoms with E-state index in [1.54, 1.807) is 0 Å². The minimum absolute atomic E-state index is 0.0374. The van der Waals surface area contributed by atoms with Gasteiger partial charge in [0.2, 0.25) is 0 Å². The van der Waals surface area contributed by atoms with Crippen molar-refractivity contribution in [3.8, 4) is 0 Å². The van der Waals surface area contributed by atoms with Crippen molar-refractivity contribution in [3.63, 3.8) is 0 Å². The van der Waals surface area contributed by atoms with Crippen LogP contribution >= 0.6 is 0 Å². The first kappa shape index (κ1) is 12.6. The molecular formula is C13H17N3O2. The van der Waals surface area contributed by atoms with E-state index in [1.165, 1.54) is 0 Å². The Morgan fingerprint density at radius 2 is 2.22 bits per heavy atom. The van der Waals surface area contributed by atoms with Crippen LogP contribution in [0.5, 0.6) is 0 Å². The Morgan fingerprint density at radius 3 is 2.83 bits per heavy atom. The zero-order valence-corrected chi connectivity index (χ0v) is 10.8. The Hall–Kier alpha value is -1.88. The summed E-state index contributed by atoms with van der Waals surface area (Å²) in [7, 11) is 3.92. The molecule has 0 aliphatic heterocycles. The second-order valence-corrected chi connectivity index (χ2v) is 4.70.